The summed E-state index contributed by atoms with van der Waals surface area (Å²) in [5, 5.41) is 8.51. The Morgan fingerprint density at radius 2 is 2.00 bits per heavy atom. The lowest BCUT2D eigenvalue weighted by atomic mass is 10.3. The molecule has 0 bridgehead atoms. The van der Waals surface area contributed by atoms with Crippen molar-refractivity contribution in [2.24, 2.45) is 0 Å². The third-order valence-electron chi connectivity index (χ3n) is 2.32. The van der Waals surface area contributed by atoms with Gasteiger partial charge < -0.3 is 5.11 Å². The number of thioether (sulfide) groups is 1. The highest BCUT2D eigenvalue weighted by Gasteiger charge is 2.31. The number of hydrogen-bond donors (Lipinski definition) is 1. The molecule has 3 nitrogen and oxygen atoms in total. The minimum absolute atomic E-state index is 0.00676. The number of carboxylic acids is 1. The summed E-state index contributed by atoms with van der Waals surface area (Å²) in [5.41, 5.74) is -4.19. The van der Waals surface area contributed by atoms with E-state index in [0.29, 0.717) is 19.1 Å². The van der Waals surface area contributed by atoms with E-state index in [1.807, 2.05) is 4.90 Å². The molecule has 0 aromatic rings. The number of carbonyl (C=O) groups is 1. The van der Waals surface area contributed by atoms with Crippen LogP contribution in [0.15, 0.2) is 0 Å². The zero-order chi connectivity index (χ0) is 12.2. The Balaban J connectivity index is 2.20. The smallest absolute Gasteiger partial charge is 0.441 e. The van der Waals surface area contributed by atoms with Crippen LogP contribution in [0.5, 0.6) is 0 Å². The fourth-order valence-electron chi connectivity index (χ4n) is 1.43. The van der Waals surface area contributed by atoms with E-state index in [-0.39, 0.29) is 23.9 Å². The fraction of sp³-hybridized carbons (Fsp3) is 0.889. The van der Waals surface area contributed by atoms with Gasteiger partial charge >= 0.3 is 11.5 Å². The van der Waals surface area contributed by atoms with Crippen molar-refractivity contribution >= 4 is 17.7 Å². The van der Waals surface area contributed by atoms with Gasteiger partial charge in [-0.25, -0.2) is 0 Å². The molecule has 1 N–H and O–H groups in total. The highest BCUT2D eigenvalue weighted by molar-refractivity contribution is 8.00. The Kier molecular flexibility index (Phi) is 4.91. The van der Waals surface area contributed by atoms with Gasteiger partial charge in [0.1, 0.15) is 0 Å². The first kappa shape index (κ1) is 13.6. The molecule has 0 saturated heterocycles. The van der Waals surface area contributed by atoms with E-state index in [1.54, 1.807) is 0 Å². The number of carboxylic acid groups (broad SMARTS) is 1. The predicted octanol–water partition coefficient (Wildman–Crippen LogP) is 2.18. The summed E-state index contributed by atoms with van der Waals surface area (Å²) in [6.45, 7) is 0.653. The van der Waals surface area contributed by atoms with Gasteiger partial charge in [0.2, 0.25) is 0 Å². The number of hydrogen-bond acceptors (Lipinski definition) is 3. The molecular weight excluding hydrogens is 243 g/mol. The normalized spacial score (nSPS) is 16.8. The SMILES string of the molecule is O=C(O)CCN(CCSC(F)(F)F)C1CC1. The molecule has 0 amide bonds. The van der Waals surface area contributed by atoms with Crippen LogP contribution in [0.25, 0.3) is 0 Å². The average Bonchev–Trinajstić information content (AvgIpc) is 2.91. The Morgan fingerprint density at radius 1 is 1.38 bits per heavy atom. The number of rotatable bonds is 7. The molecule has 16 heavy (non-hydrogen) atoms. The van der Waals surface area contributed by atoms with Gasteiger partial charge in [0, 0.05) is 24.9 Å². The van der Waals surface area contributed by atoms with Gasteiger partial charge in [0.25, 0.3) is 0 Å². The van der Waals surface area contributed by atoms with E-state index in [9.17, 15) is 18.0 Å². The first-order chi connectivity index (χ1) is 7.38. The molecule has 1 aliphatic carbocycles. The molecule has 1 saturated carbocycles. The van der Waals surface area contributed by atoms with Crippen LogP contribution >= 0.6 is 11.8 Å². The predicted molar refractivity (Wildman–Crippen MR) is 55.4 cm³/mol. The van der Waals surface area contributed by atoms with Crippen LogP contribution in [0.3, 0.4) is 0 Å². The van der Waals surface area contributed by atoms with Gasteiger partial charge in [-0.3, -0.25) is 9.69 Å². The Labute approximate surface area is 96.0 Å². The molecule has 1 rings (SSSR count). The lowest BCUT2D eigenvalue weighted by molar-refractivity contribution is -0.137. The van der Waals surface area contributed by atoms with Gasteiger partial charge in [-0.1, -0.05) is 0 Å². The highest BCUT2D eigenvalue weighted by Crippen LogP contribution is 2.31. The first-order valence-corrected chi connectivity index (χ1v) is 6.03. The van der Waals surface area contributed by atoms with Crippen molar-refractivity contribution in [3.05, 3.63) is 0 Å². The van der Waals surface area contributed by atoms with E-state index in [0.717, 1.165) is 12.8 Å². The van der Waals surface area contributed by atoms with Gasteiger partial charge in [-0.05, 0) is 24.6 Å². The lowest BCUT2D eigenvalue weighted by Crippen LogP contribution is -2.31. The summed E-state index contributed by atoms with van der Waals surface area (Å²) >= 11 is -0.0478. The topological polar surface area (TPSA) is 40.5 Å². The molecule has 0 atom stereocenters. The molecular formula is C9H14F3NO2S. The second kappa shape index (κ2) is 5.77. The van der Waals surface area contributed by atoms with Crippen LogP contribution in [0, 0.1) is 0 Å². The molecule has 0 aromatic carbocycles. The summed E-state index contributed by atoms with van der Waals surface area (Å²) in [6.07, 6.45) is 1.93. The van der Waals surface area contributed by atoms with Crippen molar-refractivity contribution in [2.45, 2.75) is 30.8 Å². The molecule has 1 fully saturated rings. The minimum Gasteiger partial charge on any atom is -0.481 e. The van der Waals surface area contributed by atoms with E-state index in [4.69, 9.17) is 5.11 Å². The van der Waals surface area contributed by atoms with E-state index in [2.05, 4.69) is 0 Å². The Morgan fingerprint density at radius 3 is 2.44 bits per heavy atom. The maximum atomic E-state index is 11.9. The summed E-state index contributed by atoms with van der Waals surface area (Å²) in [5.74, 6) is -0.936. The molecule has 1 aliphatic rings. The largest absolute Gasteiger partial charge is 0.481 e. The van der Waals surface area contributed by atoms with E-state index < -0.39 is 11.5 Å². The zero-order valence-electron chi connectivity index (χ0n) is 8.66. The van der Waals surface area contributed by atoms with Crippen LogP contribution < -0.4 is 0 Å². The average molecular weight is 257 g/mol. The summed E-state index contributed by atoms with van der Waals surface area (Å²) < 4.78 is 35.7. The molecule has 0 radical (unpaired) electrons. The van der Waals surface area contributed by atoms with Crippen molar-refractivity contribution in [3.63, 3.8) is 0 Å². The third kappa shape index (κ3) is 6.22. The summed E-state index contributed by atoms with van der Waals surface area (Å²) in [6, 6.07) is 0.299. The maximum Gasteiger partial charge on any atom is 0.441 e. The fourth-order valence-corrected chi connectivity index (χ4v) is 1.99. The van der Waals surface area contributed by atoms with Gasteiger partial charge in [-0.15, -0.1) is 0 Å². The monoisotopic (exact) mass is 257 g/mol. The molecule has 0 unspecified atom stereocenters. The van der Waals surface area contributed by atoms with Crippen molar-refractivity contribution in [2.75, 3.05) is 18.8 Å². The van der Waals surface area contributed by atoms with Gasteiger partial charge in [0.05, 0.1) is 6.42 Å². The van der Waals surface area contributed by atoms with E-state index in [1.165, 1.54) is 0 Å². The zero-order valence-corrected chi connectivity index (χ0v) is 9.48. The number of alkyl halides is 3. The van der Waals surface area contributed by atoms with Gasteiger partial charge in [-0.2, -0.15) is 13.2 Å². The van der Waals surface area contributed by atoms with Crippen molar-refractivity contribution in [3.8, 4) is 0 Å². The van der Waals surface area contributed by atoms with Crippen LogP contribution in [-0.2, 0) is 4.79 Å². The number of nitrogens with zero attached hydrogens (tertiary/aromatic N) is 1. The minimum atomic E-state index is -4.19. The number of aliphatic carboxylic acids is 1. The number of halogens is 3. The van der Waals surface area contributed by atoms with E-state index >= 15 is 0 Å². The molecule has 7 heteroatoms. The Bertz CT molecular complexity index is 243. The highest BCUT2D eigenvalue weighted by atomic mass is 32.2. The van der Waals surface area contributed by atoms with Crippen molar-refractivity contribution in [1.82, 2.24) is 4.90 Å². The molecule has 94 valence electrons. The quantitative estimate of drug-likeness (QED) is 0.759. The molecule has 0 heterocycles. The molecule has 0 spiro atoms. The maximum absolute atomic E-state index is 11.9. The second-order valence-electron chi connectivity index (χ2n) is 3.71. The second-order valence-corrected chi connectivity index (χ2v) is 4.86. The van der Waals surface area contributed by atoms with Crippen LogP contribution in [0.1, 0.15) is 19.3 Å². The standard InChI is InChI=1S/C9H14F3NO2S/c10-9(11,12)16-6-5-13(7-1-2-7)4-3-8(14)15/h7H,1-6H2,(H,14,15). The molecule has 0 aromatic heterocycles. The van der Waals surface area contributed by atoms with Crippen LogP contribution in [0.4, 0.5) is 13.2 Å². The first-order valence-electron chi connectivity index (χ1n) is 5.05. The van der Waals surface area contributed by atoms with Crippen molar-refractivity contribution in [1.29, 1.82) is 0 Å². The lowest BCUT2D eigenvalue weighted by Gasteiger charge is -2.20. The van der Waals surface area contributed by atoms with Crippen LogP contribution in [-0.4, -0.2) is 46.4 Å². The Hall–Kier alpha value is -0.430. The van der Waals surface area contributed by atoms with Gasteiger partial charge in [0.15, 0.2) is 0 Å². The third-order valence-corrected chi connectivity index (χ3v) is 3.03. The summed E-state index contributed by atoms with van der Waals surface area (Å²) in [7, 11) is 0. The summed E-state index contributed by atoms with van der Waals surface area (Å²) in [4.78, 5) is 12.2. The molecule has 0 aliphatic heterocycles. The van der Waals surface area contributed by atoms with Crippen LogP contribution in [0.2, 0.25) is 0 Å². The van der Waals surface area contributed by atoms with Crippen molar-refractivity contribution < 1.29 is 23.1 Å².